The highest BCUT2D eigenvalue weighted by molar-refractivity contribution is 5.89. The summed E-state index contributed by atoms with van der Waals surface area (Å²) in [5, 5.41) is 4.22. The van der Waals surface area contributed by atoms with Crippen molar-refractivity contribution in [2.45, 2.75) is 31.8 Å². The SMILES string of the molecule is COc1ccc2[nH]c3c(c2c1)CCOC31CCN(C(=O)Nc2ccc(C)cc2)CC1. The van der Waals surface area contributed by atoms with Gasteiger partial charge >= 0.3 is 6.03 Å². The summed E-state index contributed by atoms with van der Waals surface area (Å²) < 4.78 is 11.8. The van der Waals surface area contributed by atoms with Gasteiger partial charge in [-0.15, -0.1) is 0 Å². The molecule has 2 aromatic carbocycles. The summed E-state index contributed by atoms with van der Waals surface area (Å²) in [6, 6.07) is 14.0. The molecule has 156 valence electrons. The van der Waals surface area contributed by atoms with E-state index in [1.165, 1.54) is 22.2 Å². The number of fused-ring (bicyclic) bond motifs is 4. The number of rotatable bonds is 2. The molecule has 1 spiro atoms. The maximum atomic E-state index is 12.7. The molecule has 2 N–H and O–H groups in total. The number of aryl methyl sites for hydroxylation is 1. The number of hydrogen-bond donors (Lipinski definition) is 2. The molecule has 30 heavy (non-hydrogen) atoms. The van der Waals surface area contributed by atoms with Crippen LogP contribution in [-0.4, -0.2) is 42.7 Å². The lowest BCUT2D eigenvalue weighted by Crippen LogP contribution is -2.49. The molecule has 0 saturated carbocycles. The number of carbonyl (C=O) groups excluding carboxylic acids is 1. The van der Waals surface area contributed by atoms with E-state index in [9.17, 15) is 4.79 Å². The number of urea groups is 1. The highest BCUT2D eigenvalue weighted by Crippen LogP contribution is 2.44. The molecule has 2 aliphatic heterocycles. The molecule has 3 heterocycles. The van der Waals surface area contributed by atoms with E-state index in [1.54, 1.807) is 7.11 Å². The van der Waals surface area contributed by atoms with Gasteiger partial charge in [-0.2, -0.15) is 0 Å². The van der Waals surface area contributed by atoms with Crippen LogP contribution in [0.1, 0.15) is 29.7 Å². The maximum absolute atomic E-state index is 12.7. The first-order chi connectivity index (χ1) is 14.6. The van der Waals surface area contributed by atoms with E-state index < -0.39 is 0 Å². The van der Waals surface area contributed by atoms with Crippen LogP contribution in [0.3, 0.4) is 0 Å². The third kappa shape index (κ3) is 3.21. The lowest BCUT2D eigenvalue weighted by molar-refractivity contribution is -0.0943. The summed E-state index contributed by atoms with van der Waals surface area (Å²) >= 11 is 0. The molecule has 6 nitrogen and oxygen atoms in total. The number of piperidine rings is 1. The molecular weight excluding hydrogens is 378 g/mol. The number of nitrogens with one attached hydrogen (secondary N) is 2. The zero-order valence-electron chi connectivity index (χ0n) is 17.5. The molecule has 0 aliphatic carbocycles. The van der Waals surface area contributed by atoms with Crippen LogP contribution >= 0.6 is 0 Å². The summed E-state index contributed by atoms with van der Waals surface area (Å²) in [6.45, 7) is 4.06. The van der Waals surface area contributed by atoms with Crippen molar-refractivity contribution in [3.8, 4) is 5.75 Å². The van der Waals surface area contributed by atoms with Gasteiger partial charge in [0.05, 0.1) is 19.4 Å². The fourth-order valence-electron chi connectivity index (χ4n) is 4.73. The molecule has 0 atom stereocenters. The third-order valence-electron chi connectivity index (χ3n) is 6.46. The van der Waals surface area contributed by atoms with E-state index in [0.717, 1.165) is 36.2 Å². The lowest BCUT2D eigenvalue weighted by atomic mass is 9.83. The molecule has 2 amide bonds. The Morgan fingerprint density at radius 3 is 2.67 bits per heavy atom. The number of nitrogens with zero attached hydrogens (tertiary/aromatic N) is 1. The van der Waals surface area contributed by atoms with Gasteiger partial charge in [0.25, 0.3) is 0 Å². The Morgan fingerprint density at radius 1 is 1.17 bits per heavy atom. The normalized spacial score (nSPS) is 17.7. The standard InChI is InChI=1S/C24H27N3O3/c1-16-3-5-17(6-4-16)25-23(28)27-12-10-24(11-13-27)22-19(9-14-30-24)20-15-18(29-2)7-8-21(20)26-22/h3-8,15,26H,9-14H2,1-2H3,(H,25,28). The minimum absolute atomic E-state index is 0.0499. The van der Waals surface area contributed by atoms with Crippen molar-refractivity contribution >= 4 is 22.6 Å². The molecule has 0 unspecified atom stereocenters. The number of benzene rings is 2. The van der Waals surface area contributed by atoms with E-state index in [0.29, 0.717) is 19.7 Å². The number of hydrogen-bond acceptors (Lipinski definition) is 3. The van der Waals surface area contributed by atoms with Gasteiger partial charge in [0.2, 0.25) is 0 Å². The number of likely N-dealkylation sites (tertiary alicyclic amines) is 1. The van der Waals surface area contributed by atoms with Crippen molar-refractivity contribution in [2.75, 3.05) is 32.1 Å². The Bertz CT molecular complexity index is 1080. The second-order valence-electron chi connectivity index (χ2n) is 8.27. The van der Waals surface area contributed by atoms with Gasteiger partial charge in [-0.3, -0.25) is 0 Å². The molecule has 6 heteroatoms. The molecule has 1 saturated heterocycles. The van der Waals surface area contributed by atoms with Crippen LogP contribution < -0.4 is 10.1 Å². The molecule has 2 aliphatic rings. The van der Waals surface area contributed by atoms with Gasteiger partial charge in [0.1, 0.15) is 11.4 Å². The molecule has 0 radical (unpaired) electrons. The first-order valence-electron chi connectivity index (χ1n) is 10.5. The van der Waals surface area contributed by atoms with Crippen LogP contribution in [0.4, 0.5) is 10.5 Å². The van der Waals surface area contributed by atoms with Gasteiger partial charge in [-0.1, -0.05) is 17.7 Å². The van der Waals surface area contributed by atoms with Crippen molar-refractivity contribution in [3.63, 3.8) is 0 Å². The van der Waals surface area contributed by atoms with Gasteiger partial charge in [-0.25, -0.2) is 4.79 Å². The number of aromatic nitrogens is 1. The van der Waals surface area contributed by atoms with Gasteiger partial charge < -0.3 is 24.7 Å². The second-order valence-corrected chi connectivity index (χ2v) is 8.27. The molecule has 1 fully saturated rings. The number of ether oxygens (including phenoxy) is 2. The summed E-state index contributed by atoms with van der Waals surface area (Å²) in [5.74, 6) is 0.868. The number of aromatic amines is 1. The lowest BCUT2D eigenvalue weighted by Gasteiger charge is -2.43. The largest absolute Gasteiger partial charge is 0.497 e. The topological polar surface area (TPSA) is 66.6 Å². The highest BCUT2D eigenvalue weighted by atomic mass is 16.5. The van der Waals surface area contributed by atoms with Crippen molar-refractivity contribution in [2.24, 2.45) is 0 Å². The monoisotopic (exact) mass is 405 g/mol. The van der Waals surface area contributed by atoms with Crippen LogP contribution in [0, 0.1) is 6.92 Å². The molecule has 1 aromatic heterocycles. The minimum Gasteiger partial charge on any atom is -0.497 e. The summed E-state index contributed by atoms with van der Waals surface area (Å²) in [4.78, 5) is 18.2. The molecular formula is C24H27N3O3. The van der Waals surface area contributed by atoms with Crippen LogP contribution in [0.25, 0.3) is 10.9 Å². The molecule has 3 aromatic rings. The first-order valence-corrected chi connectivity index (χ1v) is 10.5. The Labute approximate surface area is 176 Å². The van der Waals surface area contributed by atoms with Gasteiger partial charge in [0.15, 0.2) is 0 Å². The zero-order valence-corrected chi connectivity index (χ0v) is 17.5. The number of H-pyrrole nitrogens is 1. The van der Waals surface area contributed by atoms with E-state index in [1.807, 2.05) is 42.2 Å². The second kappa shape index (κ2) is 7.36. The predicted octanol–water partition coefficient (Wildman–Crippen LogP) is 4.58. The third-order valence-corrected chi connectivity index (χ3v) is 6.46. The van der Waals surface area contributed by atoms with Gasteiger partial charge in [-0.05, 0) is 62.1 Å². The Hall–Kier alpha value is -2.99. The Morgan fingerprint density at radius 2 is 1.93 bits per heavy atom. The quantitative estimate of drug-likeness (QED) is 0.656. The fraction of sp³-hybridized carbons (Fsp3) is 0.375. The average molecular weight is 405 g/mol. The van der Waals surface area contributed by atoms with Crippen molar-refractivity contribution in [3.05, 3.63) is 59.3 Å². The predicted molar refractivity (Wildman–Crippen MR) is 117 cm³/mol. The Kier molecular flexibility index (Phi) is 4.66. The van der Waals surface area contributed by atoms with E-state index in [-0.39, 0.29) is 11.6 Å². The van der Waals surface area contributed by atoms with E-state index in [4.69, 9.17) is 9.47 Å². The van der Waals surface area contributed by atoms with Gasteiger partial charge in [0, 0.05) is 29.7 Å². The molecule has 5 rings (SSSR count). The van der Waals surface area contributed by atoms with E-state index >= 15 is 0 Å². The maximum Gasteiger partial charge on any atom is 0.321 e. The van der Waals surface area contributed by atoms with Crippen LogP contribution in [0.15, 0.2) is 42.5 Å². The van der Waals surface area contributed by atoms with Crippen molar-refractivity contribution in [1.82, 2.24) is 9.88 Å². The Balaban J connectivity index is 1.35. The van der Waals surface area contributed by atoms with Crippen LogP contribution in [-0.2, 0) is 16.8 Å². The smallest absolute Gasteiger partial charge is 0.321 e. The number of carbonyl (C=O) groups is 1. The highest BCUT2D eigenvalue weighted by Gasteiger charge is 2.43. The number of anilines is 1. The summed E-state index contributed by atoms with van der Waals surface area (Å²) in [6.07, 6.45) is 2.46. The number of amides is 2. The summed E-state index contributed by atoms with van der Waals surface area (Å²) in [7, 11) is 1.70. The fourth-order valence-corrected chi connectivity index (χ4v) is 4.73. The minimum atomic E-state index is -0.347. The molecule has 0 bridgehead atoms. The average Bonchev–Trinajstić information content (AvgIpc) is 3.15. The van der Waals surface area contributed by atoms with Crippen LogP contribution in [0.5, 0.6) is 5.75 Å². The summed E-state index contributed by atoms with van der Waals surface area (Å²) in [5.41, 5.74) is 5.27. The van der Waals surface area contributed by atoms with E-state index in [2.05, 4.69) is 22.4 Å². The first kappa shape index (κ1) is 19.0. The zero-order chi connectivity index (χ0) is 20.7. The van der Waals surface area contributed by atoms with Crippen LogP contribution in [0.2, 0.25) is 0 Å². The van der Waals surface area contributed by atoms with Crippen molar-refractivity contribution < 1.29 is 14.3 Å². The number of methoxy groups -OCH3 is 1. The van der Waals surface area contributed by atoms with Crippen molar-refractivity contribution in [1.29, 1.82) is 0 Å².